The van der Waals surface area contributed by atoms with Crippen LogP contribution in [-0.2, 0) is 11.2 Å². The van der Waals surface area contributed by atoms with Crippen molar-refractivity contribution >= 4 is 17.8 Å². The van der Waals surface area contributed by atoms with E-state index >= 15 is 0 Å². The number of allylic oxidation sites excluding steroid dienone is 1. The molecule has 1 heterocycles. The number of benzene rings is 3. The summed E-state index contributed by atoms with van der Waals surface area (Å²) in [4.78, 5) is 25.2. The molecule has 0 N–H and O–H groups in total. The molecule has 162 valence electrons. The molecule has 0 atom stereocenters. The van der Waals surface area contributed by atoms with Gasteiger partial charge in [-0.15, -0.1) is 0 Å². The van der Waals surface area contributed by atoms with Crippen LogP contribution in [0.3, 0.4) is 0 Å². The van der Waals surface area contributed by atoms with Crippen LogP contribution in [0.25, 0.3) is 6.08 Å². The number of fused-ring (bicyclic) bond motifs is 1. The van der Waals surface area contributed by atoms with E-state index in [9.17, 15) is 9.59 Å². The highest BCUT2D eigenvalue weighted by Gasteiger charge is 2.30. The molecule has 3 aromatic carbocycles. The first-order chi connectivity index (χ1) is 15.5. The van der Waals surface area contributed by atoms with Crippen LogP contribution in [0.2, 0.25) is 0 Å². The summed E-state index contributed by atoms with van der Waals surface area (Å²) in [5.74, 6) is 1.41. The topological polar surface area (TPSA) is 71.1 Å². The van der Waals surface area contributed by atoms with Crippen LogP contribution in [0.4, 0.5) is 0 Å². The minimum Gasteiger partial charge on any atom is -0.493 e. The average Bonchev–Trinajstić information content (AvgIpc) is 3.09. The second-order valence-electron chi connectivity index (χ2n) is 7.30. The van der Waals surface area contributed by atoms with E-state index < -0.39 is 0 Å². The zero-order valence-electron chi connectivity index (χ0n) is 18.0. The van der Waals surface area contributed by atoms with Crippen molar-refractivity contribution in [2.45, 2.75) is 13.3 Å². The Morgan fingerprint density at radius 2 is 1.72 bits per heavy atom. The van der Waals surface area contributed by atoms with Crippen LogP contribution < -0.4 is 18.9 Å². The van der Waals surface area contributed by atoms with Crippen LogP contribution in [0.5, 0.6) is 23.0 Å². The van der Waals surface area contributed by atoms with E-state index in [-0.39, 0.29) is 23.9 Å². The number of carbonyl (C=O) groups excluding carboxylic acids is 2. The van der Waals surface area contributed by atoms with E-state index in [1.807, 2.05) is 30.3 Å². The third-order valence-electron chi connectivity index (χ3n) is 5.07. The van der Waals surface area contributed by atoms with Crippen LogP contribution >= 0.6 is 0 Å². The molecule has 0 aliphatic carbocycles. The predicted octanol–water partition coefficient (Wildman–Crippen LogP) is 4.78. The summed E-state index contributed by atoms with van der Waals surface area (Å²) in [5, 5.41) is 0. The molecule has 32 heavy (non-hydrogen) atoms. The van der Waals surface area contributed by atoms with Crippen molar-refractivity contribution in [1.29, 1.82) is 0 Å². The van der Waals surface area contributed by atoms with Gasteiger partial charge in [0.15, 0.2) is 17.3 Å². The molecule has 0 unspecified atom stereocenters. The largest absolute Gasteiger partial charge is 0.493 e. The number of methoxy groups -OCH3 is 2. The Bertz CT molecular complexity index is 1210. The van der Waals surface area contributed by atoms with Crippen molar-refractivity contribution in [1.82, 2.24) is 0 Å². The Morgan fingerprint density at radius 3 is 2.44 bits per heavy atom. The summed E-state index contributed by atoms with van der Waals surface area (Å²) in [5.41, 5.74) is 2.72. The quantitative estimate of drug-likeness (QED) is 0.319. The summed E-state index contributed by atoms with van der Waals surface area (Å²) in [6, 6.07) is 17.9. The van der Waals surface area contributed by atoms with Crippen molar-refractivity contribution in [3.8, 4) is 23.0 Å². The van der Waals surface area contributed by atoms with E-state index in [0.29, 0.717) is 34.1 Å². The molecule has 0 fully saturated rings. The molecule has 0 spiro atoms. The van der Waals surface area contributed by atoms with Gasteiger partial charge in [0.2, 0.25) is 5.78 Å². The van der Waals surface area contributed by atoms with Crippen molar-refractivity contribution in [2.24, 2.45) is 0 Å². The van der Waals surface area contributed by atoms with Crippen molar-refractivity contribution in [2.75, 3.05) is 14.2 Å². The molecule has 0 amide bonds. The molecular formula is C26H22O6. The monoisotopic (exact) mass is 430 g/mol. The number of hydrogen-bond donors (Lipinski definition) is 0. The van der Waals surface area contributed by atoms with E-state index in [1.54, 1.807) is 57.6 Å². The standard InChI is InChI=1S/C26H22O6/c1-16-11-19(31-24(27)14-17-7-5-4-6-8-17)15-22-25(16)26(28)23(32-22)13-18-9-10-20(29-2)21(12-18)30-3/h4-13,15H,14H2,1-3H3/b23-13-. The van der Waals surface area contributed by atoms with Gasteiger partial charge < -0.3 is 18.9 Å². The second kappa shape index (κ2) is 8.98. The number of aryl methyl sites for hydroxylation is 1. The fourth-order valence-corrected chi connectivity index (χ4v) is 3.56. The number of hydrogen-bond acceptors (Lipinski definition) is 6. The Kier molecular flexibility index (Phi) is 5.94. The van der Waals surface area contributed by atoms with E-state index in [0.717, 1.165) is 11.1 Å². The molecule has 0 aromatic heterocycles. The van der Waals surface area contributed by atoms with Gasteiger partial charge in [0.1, 0.15) is 11.5 Å². The number of ketones is 1. The Labute approximate surface area is 186 Å². The Hall–Kier alpha value is -4.06. The van der Waals surface area contributed by atoms with Gasteiger partial charge in [0.25, 0.3) is 0 Å². The fourth-order valence-electron chi connectivity index (χ4n) is 3.56. The van der Waals surface area contributed by atoms with E-state index in [1.165, 1.54) is 0 Å². The average molecular weight is 430 g/mol. The predicted molar refractivity (Wildman–Crippen MR) is 119 cm³/mol. The van der Waals surface area contributed by atoms with Crippen LogP contribution in [0.1, 0.15) is 27.0 Å². The minimum atomic E-state index is -0.388. The van der Waals surface area contributed by atoms with Gasteiger partial charge in [-0.3, -0.25) is 9.59 Å². The molecule has 3 aromatic rings. The summed E-state index contributed by atoms with van der Waals surface area (Å²) < 4.78 is 21.9. The lowest BCUT2D eigenvalue weighted by molar-refractivity contribution is -0.133. The molecular weight excluding hydrogens is 408 g/mol. The van der Waals surface area contributed by atoms with Crippen LogP contribution in [0.15, 0.2) is 66.4 Å². The molecule has 6 heteroatoms. The number of rotatable bonds is 6. The van der Waals surface area contributed by atoms with Gasteiger partial charge in [-0.2, -0.15) is 0 Å². The maximum atomic E-state index is 12.9. The van der Waals surface area contributed by atoms with Gasteiger partial charge in [-0.05, 0) is 47.9 Å². The highest BCUT2D eigenvalue weighted by molar-refractivity contribution is 6.15. The van der Waals surface area contributed by atoms with E-state index in [2.05, 4.69) is 0 Å². The maximum absolute atomic E-state index is 12.9. The van der Waals surface area contributed by atoms with Crippen molar-refractivity contribution in [3.05, 3.63) is 88.7 Å². The minimum absolute atomic E-state index is 0.154. The lowest BCUT2D eigenvalue weighted by Gasteiger charge is -2.08. The molecule has 0 saturated carbocycles. The Balaban J connectivity index is 1.55. The van der Waals surface area contributed by atoms with Gasteiger partial charge in [0.05, 0.1) is 26.2 Å². The third kappa shape index (κ3) is 4.34. The van der Waals surface area contributed by atoms with Gasteiger partial charge in [-0.25, -0.2) is 0 Å². The first-order valence-corrected chi connectivity index (χ1v) is 10.0. The normalized spacial score (nSPS) is 13.5. The van der Waals surface area contributed by atoms with Gasteiger partial charge >= 0.3 is 5.97 Å². The van der Waals surface area contributed by atoms with Crippen molar-refractivity contribution < 1.29 is 28.5 Å². The number of esters is 1. The van der Waals surface area contributed by atoms with Crippen LogP contribution in [-0.4, -0.2) is 26.0 Å². The lowest BCUT2D eigenvalue weighted by Crippen LogP contribution is -2.11. The number of ether oxygens (including phenoxy) is 4. The molecule has 0 saturated heterocycles. The van der Waals surface area contributed by atoms with E-state index in [4.69, 9.17) is 18.9 Å². The van der Waals surface area contributed by atoms with Gasteiger partial charge in [0, 0.05) is 6.07 Å². The SMILES string of the molecule is COc1ccc(/C=C2\Oc3cc(OC(=O)Cc4ccccc4)cc(C)c3C2=O)cc1OC. The smallest absolute Gasteiger partial charge is 0.315 e. The highest BCUT2D eigenvalue weighted by atomic mass is 16.5. The highest BCUT2D eigenvalue weighted by Crippen LogP contribution is 2.38. The maximum Gasteiger partial charge on any atom is 0.315 e. The molecule has 0 bridgehead atoms. The molecule has 1 aliphatic rings. The second-order valence-corrected chi connectivity index (χ2v) is 7.30. The van der Waals surface area contributed by atoms with Crippen molar-refractivity contribution in [3.63, 3.8) is 0 Å². The molecule has 6 nitrogen and oxygen atoms in total. The molecule has 0 radical (unpaired) electrons. The first kappa shape index (κ1) is 21.2. The Morgan fingerprint density at radius 1 is 0.969 bits per heavy atom. The first-order valence-electron chi connectivity index (χ1n) is 10.0. The zero-order valence-corrected chi connectivity index (χ0v) is 18.0. The summed E-state index contributed by atoms with van der Waals surface area (Å²) in [7, 11) is 3.11. The summed E-state index contributed by atoms with van der Waals surface area (Å²) >= 11 is 0. The summed E-state index contributed by atoms with van der Waals surface area (Å²) in [6.45, 7) is 1.79. The molecule has 4 rings (SSSR count). The fraction of sp³-hybridized carbons (Fsp3) is 0.154. The number of carbonyl (C=O) groups is 2. The lowest BCUT2D eigenvalue weighted by atomic mass is 10.0. The number of Topliss-reactive ketones (excluding diaryl/α,β-unsaturated/α-hetero) is 1. The van der Waals surface area contributed by atoms with Gasteiger partial charge in [-0.1, -0.05) is 36.4 Å². The molecule has 1 aliphatic heterocycles. The van der Waals surface area contributed by atoms with Crippen LogP contribution in [0, 0.1) is 6.92 Å². The summed E-state index contributed by atoms with van der Waals surface area (Å²) in [6.07, 6.45) is 1.80. The third-order valence-corrected chi connectivity index (χ3v) is 5.07. The zero-order chi connectivity index (χ0) is 22.7.